The van der Waals surface area contributed by atoms with Crippen molar-refractivity contribution < 1.29 is 9.59 Å². The lowest BCUT2D eigenvalue weighted by Gasteiger charge is -2.35. The van der Waals surface area contributed by atoms with Crippen LogP contribution in [-0.4, -0.2) is 45.8 Å². The molecule has 3 heterocycles. The zero-order chi connectivity index (χ0) is 23.7. The highest BCUT2D eigenvalue weighted by Crippen LogP contribution is 2.45. The SMILES string of the molecule is Cc1cccc(-c2sc(C3CC3)nc2C(=O)N2CCCC[C@H]2CNC(=O)c2cnccc2C)c1. The van der Waals surface area contributed by atoms with Gasteiger partial charge in [0.25, 0.3) is 11.8 Å². The number of thiazole rings is 1. The number of likely N-dealkylation sites (tertiary alicyclic amines) is 1. The molecule has 6 nitrogen and oxygen atoms in total. The predicted molar refractivity (Wildman–Crippen MR) is 134 cm³/mol. The third-order valence-electron chi connectivity index (χ3n) is 6.72. The maximum atomic E-state index is 13.9. The van der Waals surface area contributed by atoms with Gasteiger partial charge in [-0.2, -0.15) is 0 Å². The fourth-order valence-corrected chi connectivity index (χ4v) is 5.81. The number of hydrogen-bond acceptors (Lipinski definition) is 5. The van der Waals surface area contributed by atoms with E-state index in [9.17, 15) is 9.59 Å². The summed E-state index contributed by atoms with van der Waals surface area (Å²) in [5.74, 6) is 0.333. The number of carbonyl (C=O) groups excluding carboxylic acids is 2. The lowest BCUT2D eigenvalue weighted by atomic mass is 10.0. The fraction of sp³-hybridized carbons (Fsp3) is 0.407. The molecule has 2 aromatic heterocycles. The summed E-state index contributed by atoms with van der Waals surface area (Å²) in [6.45, 7) is 5.09. The molecule has 5 rings (SSSR count). The van der Waals surface area contributed by atoms with Gasteiger partial charge in [-0.1, -0.05) is 29.8 Å². The summed E-state index contributed by atoms with van der Waals surface area (Å²) in [6.07, 6.45) is 8.47. The van der Waals surface area contributed by atoms with Gasteiger partial charge < -0.3 is 10.2 Å². The molecule has 2 aliphatic rings. The fourth-order valence-electron chi connectivity index (χ4n) is 4.59. The molecule has 1 aliphatic carbocycles. The zero-order valence-corrected chi connectivity index (χ0v) is 20.5. The van der Waals surface area contributed by atoms with Gasteiger partial charge in [0.15, 0.2) is 0 Å². The van der Waals surface area contributed by atoms with Crippen molar-refractivity contribution in [3.05, 3.63) is 70.1 Å². The molecule has 0 unspecified atom stereocenters. The minimum absolute atomic E-state index is 0.0174. The lowest BCUT2D eigenvalue weighted by molar-refractivity contribution is 0.0598. The lowest BCUT2D eigenvalue weighted by Crippen LogP contribution is -2.49. The highest BCUT2D eigenvalue weighted by atomic mass is 32.1. The van der Waals surface area contributed by atoms with E-state index in [1.54, 1.807) is 23.7 Å². The molecule has 3 aromatic rings. The van der Waals surface area contributed by atoms with E-state index in [0.29, 0.717) is 30.3 Å². The first kappa shape index (κ1) is 22.7. The van der Waals surface area contributed by atoms with Crippen LogP contribution < -0.4 is 5.32 Å². The summed E-state index contributed by atoms with van der Waals surface area (Å²) in [5, 5.41) is 4.12. The Bertz CT molecular complexity index is 1220. The number of amides is 2. The van der Waals surface area contributed by atoms with Crippen LogP contribution in [-0.2, 0) is 0 Å². The molecule has 2 fully saturated rings. The number of carbonyl (C=O) groups is 2. The van der Waals surface area contributed by atoms with Crippen LogP contribution in [0.1, 0.15) is 75.0 Å². The van der Waals surface area contributed by atoms with Crippen LogP contribution >= 0.6 is 11.3 Å². The van der Waals surface area contributed by atoms with Gasteiger partial charge in [0.2, 0.25) is 0 Å². The van der Waals surface area contributed by atoms with Gasteiger partial charge in [0, 0.05) is 37.4 Å². The number of hydrogen-bond donors (Lipinski definition) is 1. The molecule has 1 saturated heterocycles. The summed E-state index contributed by atoms with van der Waals surface area (Å²) in [7, 11) is 0. The topological polar surface area (TPSA) is 75.2 Å². The van der Waals surface area contributed by atoms with Crippen molar-refractivity contribution >= 4 is 23.2 Å². The van der Waals surface area contributed by atoms with Crippen LogP contribution in [0.3, 0.4) is 0 Å². The normalized spacial score (nSPS) is 18.1. The van der Waals surface area contributed by atoms with Crippen molar-refractivity contribution in [2.75, 3.05) is 13.1 Å². The van der Waals surface area contributed by atoms with Crippen molar-refractivity contribution in [2.45, 2.75) is 57.9 Å². The third kappa shape index (κ3) is 4.75. The molecule has 1 aliphatic heterocycles. The van der Waals surface area contributed by atoms with Crippen LogP contribution in [0.25, 0.3) is 10.4 Å². The van der Waals surface area contributed by atoms with E-state index in [2.05, 4.69) is 35.4 Å². The van der Waals surface area contributed by atoms with E-state index in [-0.39, 0.29) is 17.9 Å². The molecule has 0 spiro atoms. The summed E-state index contributed by atoms with van der Waals surface area (Å²) < 4.78 is 0. The molecule has 176 valence electrons. The summed E-state index contributed by atoms with van der Waals surface area (Å²) in [4.78, 5) is 38.5. The molecule has 1 atom stereocenters. The Morgan fingerprint density at radius 1 is 1.15 bits per heavy atom. The van der Waals surface area contributed by atoms with Gasteiger partial charge in [-0.25, -0.2) is 4.98 Å². The molecule has 0 radical (unpaired) electrons. The number of nitrogens with one attached hydrogen (secondary N) is 1. The number of rotatable bonds is 6. The Morgan fingerprint density at radius 2 is 2.00 bits per heavy atom. The average molecular weight is 475 g/mol. The zero-order valence-electron chi connectivity index (χ0n) is 19.7. The molecule has 2 amide bonds. The summed E-state index contributed by atoms with van der Waals surface area (Å²) in [6, 6.07) is 10.1. The third-order valence-corrected chi connectivity index (χ3v) is 7.99. The van der Waals surface area contributed by atoms with Crippen LogP contribution in [0, 0.1) is 13.8 Å². The van der Waals surface area contributed by atoms with E-state index in [4.69, 9.17) is 4.98 Å². The Balaban J connectivity index is 1.38. The molecule has 1 aromatic carbocycles. The van der Waals surface area contributed by atoms with Crippen LogP contribution in [0.15, 0.2) is 42.7 Å². The molecule has 1 N–H and O–H groups in total. The van der Waals surface area contributed by atoms with Crippen LogP contribution in [0.5, 0.6) is 0 Å². The average Bonchev–Trinajstić information content (AvgIpc) is 3.61. The van der Waals surface area contributed by atoms with Crippen LogP contribution in [0.4, 0.5) is 0 Å². The van der Waals surface area contributed by atoms with E-state index >= 15 is 0 Å². The van der Waals surface area contributed by atoms with Gasteiger partial charge in [-0.05, 0) is 63.1 Å². The molecular formula is C27H30N4O2S. The van der Waals surface area contributed by atoms with Crippen LogP contribution in [0.2, 0.25) is 0 Å². The van der Waals surface area contributed by atoms with Gasteiger partial charge in [-0.15, -0.1) is 11.3 Å². The van der Waals surface area contributed by atoms with E-state index in [1.807, 2.05) is 24.0 Å². The smallest absolute Gasteiger partial charge is 0.274 e. The molecule has 7 heteroatoms. The Kier molecular flexibility index (Phi) is 6.46. The quantitative estimate of drug-likeness (QED) is 0.538. The minimum Gasteiger partial charge on any atom is -0.350 e. The van der Waals surface area contributed by atoms with Crippen molar-refractivity contribution in [1.82, 2.24) is 20.2 Å². The summed E-state index contributed by atoms with van der Waals surface area (Å²) >= 11 is 1.67. The van der Waals surface area contributed by atoms with Gasteiger partial charge in [0.1, 0.15) is 5.69 Å². The van der Waals surface area contributed by atoms with Gasteiger partial charge >= 0.3 is 0 Å². The van der Waals surface area contributed by atoms with Gasteiger partial charge in [-0.3, -0.25) is 14.6 Å². The first-order valence-electron chi connectivity index (χ1n) is 12.1. The highest BCUT2D eigenvalue weighted by Gasteiger charge is 2.34. The Labute approximate surface area is 204 Å². The second-order valence-corrected chi connectivity index (χ2v) is 10.5. The maximum absolute atomic E-state index is 13.9. The second-order valence-electron chi connectivity index (χ2n) is 9.42. The van der Waals surface area contributed by atoms with Gasteiger partial charge in [0.05, 0.1) is 15.4 Å². The first-order valence-corrected chi connectivity index (χ1v) is 12.9. The van der Waals surface area contributed by atoms with Crippen molar-refractivity contribution in [3.8, 4) is 10.4 Å². The molecule has 34 heavy (non-hydrogen) atoms. The minimum atomic E-state index is -0.145. The Morgan fingerprint density at radius 3 is 2.76 bits per heavy atom. The molecule has 1 saturated carbocycles. The largest absolute Gasteiger partial charge is 0.350 e. The summed E-state index contributed by atoms with van der Waals surface area (Å²) in [5.41, 5.74) is 4.26. The number of aromatic nitrogens is 2. The highest BCUT2D eigenvalue weighted by molar-refractivity contribution is 7.15. The first-order chi connectivity index (χ1) is 16.5. The number of aryl methyl sites for hydroxylation is 2. The van der Waals surface area contributed by atoms with Crippen molar-refractivity contribution in [1.29, 1.82) is 0 Å². The number of piperidine rings is 1. The van der Waals surface area contributed by atoms with E-state index < -0.39 is 0 Å². The number of benzene rings is 1. The second kappa shape index (κ2) is 9.66. The molecular weight excluding hydrogens is 444 g/mol. The van der Waals surface area contributed by atoms with Crippen molar-refractivity contribution in [3.63, 3.8) is 0 Å². The Hall–Kier alpha value is -3.06. The molecule has 0 bridgehead atoms. The number of nitrogens with zero attached hydrogens (tertiary/aromatic N) is 3. The standard InChI is InChI=1S/C27H30N4O2S/c1-17-6-5-7-20(14-17)24-23(30-26(34-24)19-9-10-19)27(33)31-13-4-3-8-21(31)15-29-25(32)22-16-28-12-11-18(22)2/h5-7,11-12,14,16,19,21H,3-4,8-10,13,15H2,1-2H3,(H,29,32)/t21-/m0/s1. The maximum Gasteiger partial charge on any atom is 0.274 e. The predicted octanol–water partition coefficient (Wildman–Crippen LogP) is 5.12. The van der Waals surface area contributed by atoms with Crippen molar-refractivity contribution in [2.24, 2.45) is 0 Å². The van der Waals surface area contributed by atoms with E-state index in [1.165, 1.54) is 5.56 Å². The monoisotopic (exact) mass is 474 g/mol. The van der Waals surface area contributed by atoms with E-state index in [0.717, 1.165) is 53.1 Å². The number of pyridine rings is 1.